The van der Waals surface area contributed by atoms with Crippen LogP contribution in [0.25, 0.3) is 5.76 Å². The molecular formula is C25H20N2O5. The maximum atomic E-state index is 13.1. The van der Waals surface area contributed by atoms with E-state index >= 15 is 0 Å². The van der Waals surface area contributed by atoms with Crippen LogP contribution in [0, 0.1) is 24.0 Å². The van der Waals surface area contributed by atoms with Crippen molar-refractivity contribution in [3.63, 3.8) is 0 Å². The van der Waals surface area contributed by atoms with Crippen molar-refractivity contribution < 1.29 is 19.6 Å². The number of carbonyl (C=O) groups is 2. The van der Waals surface area contributed by atoms with Crippen molar-refractivity contribution >= 4 is 28.8 Å². The number of Topliss-reactive ketones (excluding diaryl/α,β-unsaturated/α-hetero) is 1. The van der Waals surface area contributed by atoms with E-state index in [0.717, 1.165) is 11.1 Å². The fourth-order valence-corrected chi connectivity index (χ4v) is 3.82. The lowest BCUT2D eigenvalue weighted by Crippen LogP contribution is -2.29. The van der Waals surface area contributed by atoms with Crippen molar-refractivity contribution in [3.8, 4) is 0 Å². The van der Waals surface area contributed by atoms with Gasteiger partial charge in [0.15, 0.2) is 0 Å². The van der Waals surface area contributed by atoms with E-state index in [4.69, 9.17) is 0 Å². The summed E-state index contributed by atoms with van der Waals surface area (Å²) in [5, 5.41) is 22.0. The van der Waals surface area contributed by atoms with E-state index < -0.39 is 22.7 Å². The number of non-ortho nitro benzene ring substituents is 1. The fraction of sp³-hybridized carbons (Fsp3) is 0.120. The van der Waals surface area contributed by atoms with Crippen molar-refractivity contribution in [3.05, 3.63) is 111 Å². The molecule has 0 radical (unpaired) electrons. The number of ketones is 1. The molecule has 7 nitrogen and oxygen atoms in total. The quantitative estimate of drug-likeness (QED) is 0.211. The average Bonchev–Trinajstić information content (AvgIpc) is 3.06. The molecule has 4 rings (SSSR count). The van der Waals surface area contributed by atoms with Gasteiger partial charge in [0, 0.05) is 23.4 Å². The number of hydrogen-bond donors (Lipinski definition) is 1. The zero-order valence-corrected chi connectivity index (χ0v) is 17.5. The summed E-state index contributed by atoms with van der Waals surface area (Å²) in [5.41, 5.74) is 3.24. The minimum Gasteiger partial charge on any atom is -0.507 e. The highest BCUT2D eigenvalue weighted by Gasteiger charge is 2.47. The predicted octanol–water partition coefficient (Wildman–Crippen LogP) is 4.84. The minimum atomic E-state index is -0.839. The molecule has 32 heavy (non-hydrogen) atoms. The summed E-state index contributed by atoms with van der Waals surface area (Å²) in [6.45, 7) is 3.88. The Bertz CT molecular complexity index is 1260. The number of hydrogen-bond acceptors (Lipinski definition) is 5. The average molecular weight is 428 g/mol. The van der Waals surface area contributed by atoms with Crippen LogP contribution in [0.15, 0.2) is 78.4 Å². The van der Waals surface area contributed by atoms with E-state index in [9.17, 15) is 24.8 Å². The molecule has 3 aromatic carbocycles. The van der Waals surface area contributed by atoms with Crippen molar-refractivity contribution in [1.82, 2.24) is 0 Å². The second kappa shape index (κ2) is 8.11. The number of nitro groups is 1. The molecule has 0 spiro atoms. The number of aliphatic hydroxyl groups excluding tert-OH is 1. The van der Waals surface area contributed by atoms with Crippen LogP contribution in [0.1, 0.15) is 28.3 Å². The van der Waals surface area contributed by atoms with Gasteiger partial charge in [0.1, 0.15) is 5.76 Å². The van der Waals surface area contributed by atoms with Gasteiger partial charge in [0.25, 0.3) is 17.4 Å². The maximum absolute atomic E-state index is 13.1. The summed E-state index contributed by atoms with van der Waals surface area (Å²) in [6.07, 6.45) is 0. The highest BCUT2D eigenvalue weighted by molar-refractivity contribution is 6.51. The molecule has 1 atom stereocenters. The van der Waals surface area contributed by atoms with Crippen LogP contribution < -0.4 is 4.90 Å². The molecule has 1 heterocycles. The molecule has 1 amide bonds. The number of aryl methyl sites for hydroxylation is 2. The van der Waals surface area contributed by atoms with Crippen LogP contribution in [-0.2, 0) is 9.59 Å². The maximum Gasteiger partial charge on any atom is 0.300 e. The van der Waals surface area contributed by atoms with Gasteiger partial charge in [0.05, 0.1) is 16.5 Å². The Kier molecular flexibility index (Phi) is 5.32. The van der Waals surface area contributed by atoms with Crippen molar-refractivity contribution in [1.29, 1.82) is 0 Å². The molecular weight excluding hydrogens is 408 g/mol. The third kappa shape index (κ3) is 3.54. The molecule has 3 aromatic rings. The summed E-state index contributed by atoms with van der Waals surface area (Å²) < 4.78 is 0. The van der Waals surface area contributed by atoms with Gasteiger partial charge in [-0.3, -0.25) is 24.6 Å². The monoisotopic (exact) mass is 428 g/mol. The van der Waals surface area contributed by atoms with Crippen molar-refractivity contribution in [2.45, 2.75) is 19.9 Å². The van der Waals surface area contributed by atoms with Gasteiger partial charge in [-0.25, -0.2) is 0 Å². The van der Waals surface area contributed by atoms with Gasteiger partial charge < -0.3 is 5.11 Å². The van der Waals surface area contributed by atoms with Crippen LogP contribution in [0.5, 0.6) is 0 Å². The van der Waals surface area contributed by atoms with Gasteiger partial charge in [-0.15, -0.1) is 0 Å². The smallest absolute Gasteiger partial charge is 0.300 e. The van der Waals surface area contributed by atoms with E-state index in [1.54, 1.807) is 30.3 Å². The topological polar surface area (TPSA) is 101 Å². The molecule has 1 unspecified atom stereocenters. The molecule has 0 bridgehead atoms. The summed E-state index contributed by atoms with van der Waals surface area (Å²) in [5.74, 6) is -1.93. The Morgan fingerprint density at radius 3 is 2.19 bits per heavy atom. The van der Waals surface area contributed by atoms with Gasteiger partial charge in [-0.1, -0.05) is 36.4 Å². The first kappa shape index (κ1) is 21.0. The second-order valence-corrected chi connectivity index (χ2v) is 7.65. The Hall–Kier alpha value is -4.26. The van der Waals surface area contributed by atoms with Crippen molar-refractivity contribution in [2.24, 2.45) is 0 Å². The number of benzene rings is 3. The van der Waals surface area contributed by atoms with Gasteiger partial charge in [-0.05, 0) is 54.8 Å². The van der Waals surface area contributed by atoms with E-state index in [1.807, 2.05) is 32.0 Å². The Morgan fingerprint density at radius 2 is 1.59 bits per heavy atom. The molecule has 0 saturated carbocycles. The molecule has 1 fully saturated rings. The lowest BCUT2D eigenvalue weighted by atomic mass is 9.95. The Balaban J connectivity index is 1.91. The lowest BCUT2D eigenvalue weighted by molar-refractivity contribution is -0.384. The van der Waals surface area contributed by atoms with Crippen molar-refractivity contribution in [2.75, 3.05) is 4.90 Å². The molecule has 0 aromatic heterocycles. The van der Waals surface area contributed by atoms with Crippen LogP contribution in [0.2, 0.25) is 0 Å². The standard InChI is InChI=1S/C25H20N2O5/c1-15-8-11-20(14-16(15)2)26-22(17-6-4-3-5-7-17)21(24(29)25(26)30)23(28)18-9-12-19(13-10-18)27(31)32/h3-14,22,28H,1-2H3/b23-21+. The van der Waals surface area contributed by atoms with Crippen LogP contribution in [0.4, 0.5) is 11.4 Å². The lowest BCUT2D eigenvalue weighted by Gasteiger charge is -2.26. The normalized spacial score (nSPS) is 17.6. The third-order valence-electron chi connectivity index (χ3n) is 5.68. The fourth-order valence-electron chi connectivity index (χ4n) is 3.82. The third-order valence-corrected chi connectivity index (χ3v) is 5.68. The Morgan fingerprint density at radius 1 is 0.938 bits per heavy atom. The second-order valence-electron chi connectivity index (χ2n) is 7.65. The molecule has 7 heteroatoms. The zero-order chi connectivity index (χ0) is 23.0. The first-order valence-electron chi connectivity index (χ1n) is 9.97. The Labute approximate surface area is 184 Å². The predicted molar refractivity (Wildman–Crippen MR) is 120 cm³/mol. The minimum absolute atomic E-state index is 0.0618. The molecule has 1 aliphatic rings. The van der Waals surface area contributed by atoms with Crippen LogP contribution in [-0.4, -0.2) is 21.7 Å². The van der Waals surface area contributed by atoms with E-state index in [1.165, 1.54) is 29.2 Å². The number of carbonyl (C=O) groups excluding carboxylic acids is 2. The van der Waals surface area contributed by atoms with Gasteiger partial charge in [-0.2, -0.15) is 0 Å². The first-order chi connectivity index (χ1) is 15.3. The number of anilines is 1. The zero-order valence-electron chi connectivity index (χ0n) is 17.5. The number of rotatable bonds is 4. The summed E-state index contributed by atoms with van der Waals surface area (Å²) in [7, 11) is 0. The molecule has 1 aliphatic heterocycles. The molecule has 1 N–H and O–H groups in total. The highest BCUT2D eigenvalue weighted by Crippen LogP contribution is 2.42. The van der Waals surface area contributed by atoms with Gasteiger partial charge >= 0.3 is 0 Å². The summed E-state index contributed by atoms with van der Waals surface area (Å²) in [4.78, 5) is 38.0. The molecule has 1 saturated heterocycles. The molecule has 0 aliphatic carbocycles. The summed E-state index contributed by atoms with van der Waals surface area (Å²) >= 11 is 0. The van der Waals surface area contributed by atoms with Gasteiger partial charge in [0.2, 0.25) is 0 Å². The first-order valence-corrected chi connectivity index (χ1v) is 9.97. The van der Waals surface area contributed by atoms with Crippen LogP contribution >= 0.6 is 0 Å². The number of nitrogens with zero attached hydrogens (tertiary/aromatic N) is 2. The van der Waals surface area contributed by atoms with E-state index in [0.29, 0.717) is 11.3 Å². The number of nitro benzene ring substituents is 1. The highest BCUT2D eigenvalue weighted by atomic mass is 16.6. The van der Waals surface area contributed by atoms with E-state index in [2.05, 4.69) is 0 Å². The number of amides is 1. The number of aliphatic hydroxyl groups is 1. The van der Waals surface area contributed by atoms with Crippen LogP contribution in [0.3, 0.4) is 0 Å². The molecule has 160 valence electrons. The SMILES string of the molecule is Cc1ccc(N2C(=O)C(=O)/C(=C(/O)c3ccc([N+](=O)[O-])cc3)C2c2ccccc2)cc1C. The summed E-state index contributed by atoms with van der Waals surface area (Å²) in [6, 6.07) is 18.8. The van der Waals surface area contributed by atoms with E-state index in [-0.39, 0.29) is 22.6 Å². The largest absolute Gasteiger partial charge is 0.507 e.